The van der Waals surface area contributed by atoms with Crippen LogP contribution in [-0.4, -0.2) is 56.3 Å². The van der Waals surface area contributed by atoms with Crippen LogP contribution in [0.1, 0.15) is 0 Å². The summed E-state index contributed by atoms with van der Waals surface area (Å²) in [5.41, 5.74) is 0.968. The molecule has 74 valence electrons. The monoisotopic (exact) mass is 182 g/mol. The minimum Gasteiger partial charge on any atom is -0.392 e. The Morgan fingerprint density at radius 2 is 1.92 bits per heavy atom. The van der Waals surface area contributed by atoms with Gasteiger partial charge < -0.3 is 20.5 Å². The summed E-state index contributed by atoms with van der Waals surface area (Å²) in [6.45, 7) is 4.18. The van der Waals surface area contributed by atoms with Gasteiger partial charge in [0.05, 0.1) is 5.70 Å². The Morgan fingerprint density at radius 1 is 1.31 bits per heavy atom. The van der Waals surface area contributed by atoms with Gasteiger partial charge in [-0.05, 0) is 7.05 Å². The topological polar surface area (TPSA) is 42.4 Å². The molecule has 13 heavy (non-hydrogen) atoms. The number of nitrogens with one attached hydrogen (secondary N) is 2. The van der Waals surface area contributed by atoms with Crippen molar-refractivity contribution in [2.45, 2.75) is 0 Å². The van der Waals surface area contributed by atoms with Crippen LogP contribution in [0.3, 0.4) is 0 Å². The molecule has 0 aromatic heterocycles. The molecule has 0 aromatic carbocycles. The first-order valence-corrected chi connectivity index (χ1v) is 4.59. The first-order valence-electron chi connectivity index (χ1n) is 4.59. The van der Waals surface area contributed by atoms with E-state index in [1.165, 1.54) is 6.21 Å². The lowest BCUT2D eigenvalue weighted by Gasteiger charge is -2.34. The fourth-order valence-electron chi connectivity index (χ4n) is 1.44. The maximum absolute atomic E-state index is 7.26. The average Bonchev–Trinajstić information content (AvgIpc) is 2.16. The molecule has 0 radical (unpaired) electrons. The number of nitrogens with zero attached hydrogens (tertiary/aromatic N) is 2. The summed E-state index contributed by atoms with van der Waals surface area (Å²) in [6.07, 6.45) is 3.28. The van der Waals surface area contributed by atoms with Gasteiger partial charge in [-0.2, -0.15) is 0 Å². The zero-order valence-electron chi connectivity index (χ0n) is 8.38. The van der Waals surface area contributed by atoms with Crippen LogP contribution in [0.25, 0.3) is 0 Å². The fourth-order valence-corrected chi connectivity index (χ4v) is 1.44. The molecule has 0 aliphatic carbocycles. The fraction of sp³-hybridized carbons (Fsp3) is 0.667. The summed E-state index contributed by atoms with van der Waals surface area (Å²) in [7, 11) is 3.99. The van der Waals surface area contributed by atoms with Crippen molar-refractivity contribution in [3.8, 4) is 0 Å². The molecular formula is C9H18N4. The van der Waals surface area contributed by atoms with E-state index in [0.717, 1.165) is 31.9 Å². The number of hydrogen-bond acceptors (Lipinski definition) is 4. The maximum atomic E-state index is 7.26. The van der Waals surface area contributed by atoms with Crippen molar-refractivity contribution in [3.05, 3.63) is 11.9 Å². The second-order valence-electron chi connectivity index (χ2n) is 3.29. The van der Waals surface area contributed by atoms with Crippen molar-refractivity contribution in [2.24, 2.45) is 0 Å². The highest BCUT2D eigenvalue weighted by Crippen LogP contribution is 2.05. The molecule has 1 saturated heterocycles. The highest BCUT2D eigenvalue weighted by atomic mass is 15.3. The van der Waals surface area contributed by atoms with Gasteiger partial charge in [0.15, 0.2) is 0 Å². The smallest absolute Gasteiger partial charge is 0.0705 e. The molecule has 0 atom stereocenters. The predicted octanol–water partition coefficient (Wildman–Crippen LogP) is -0.0558. The van der Waals surface area contributed by atoms with Crippen molar-refractivity contribution >= 4 is 6.21 Å². The Hall–Kier alpha value is -1.03. The summed E-state index contributed by atoms with van der Waals surface area (Å²) in [5, 5.41) is 10.2. The molecule has 0 spiro atoms. The lowest BCUT2D eigenvalue weighted by molar-refractivity contribution is 0.192. The van der Waals surface area contributed by atoms with E-state index in [9.17, 15) is 0 Å². The third-order valence-corrected chi connectivity index (χ3v) is 2.31. The average molecular weight is 182 g/mol. The van der Waals surface area contributed by atoms with Gasteiger partial charge in [-0.3, -0.25) is 0 Å². The number of likely N-dealkylation sites (N-methyl/N-ethyl adjacent to an activating group) is 1. The van der Waals surface area contributed by atoms with Crippen LogP contribution in [0, 0.1) is 5.41 Å². The first kappa shape index (κ1) is 10.1. The molecule has 0 bridgehead atoms. The van der Waals surface area contributed by atoms with Crippen LogP contribution in [0.2, 0.25) is 0 Å². The van der Waals surface area contributed by atoms with E-state index in [-0.39, 0.29) is 0 Å². The number of piperazine rings is 1. The molecule has 1 rings (SSSR count). The Bertz CT molecular complexity index is 192. The van der Waals surface area contributed by atoms with E-state index in [4.69, 9.17) is 5.41 Å². The molecule has 4 heteroatoms. The maximum Gasteiger partial charge on any atom is 0.0705 e. The van der Waals surface area contributed by atoms with Gasteiger partial charge in [0.2, 0.25) is 0 Å². The van der Waals surface area contributed by atoms with Crippen molar-refractivity contribution in [3.63, 3.8) is 0 Å². The lowest BCUT2D eigenvalue weighted by atomic mass is 10.3. The molecule has 2 N–H and O–H groups in total. The Balaban J connectivity index is 2.51. The van der Waals surface area contributed by atoms with Gasteiger partial charge in [-0.25, -0.2) is 0 Å². The normalized spacial score (nSPS) is 20.2. The molecule has 1 fully saturated rings. The second-order valence-corrected chi connectivity index (χ2v) is 3.29. The summed E-state index contributed by atoms with van der Waals surface area (Å²) in [6, 6.07) is 0. The molecule has 0 saturated carbocycles. The number of hydrogen-bond donors (Lipinski definition) is 2. The third-order valence-electron chi connectivity index (χ3n) is 2.31. The van der Waals surface area contributed by atoms with E-state index >= 15 is 0 Å². The minimum absolute atomic E-state index is 0.968. The van der Waals surface area contributed by atoms with E-state index in [1.807, 2.05) is 13.2 Å². The summed E-state index contributed by atoms with van der Waals surface area (Å²) in [5.74, 6) is 0. The number of allylic oxidation sites excluding steroid dienone is 1. The largest absolute Gasteiger partial charge is 0.392 e. The van der Waals surface area contributed by atoms with Crippen LogP contribution in [-0.2, 0) is 0 Å². The predicted molar refractivity (Wildman–Crippen MR) is 55.0 cm³/mol. The van der Waals surface area contributed by atoms with Gasteiger partial charge in [-0.1, -0.05) is 0 Å². The molecule has 1 heterocycles. The van der Waals surface area contributed by atoms with Gasteiger partial charge in [-0.15, -0.1) is 0 Å². The summed E-state index contributed by atoms with van der Waals surface area (Å²) < 4.78 is 0. The van der Waals surface area contributed by atoms with Crippen molar-refractivity contribution in [1.29, 1.82) is 5.41 Å². The van der Waals surface area contributed by atoms with Crippen LogP contribution in [0.15, 0.2) is 11.9 Å². The zero-order chi connectivity index (χ0) is 9.68. The SMILES string of the molecule is CN/C=C(\C=N)N1CCN(C)CC1. The van der Waals surface area contributed by atoms with Gasteiger partial charge in [0.25, 0.3) is 0 Å². The van der Waals surface area contributed by atoms with E-state index in [1.54, 1.807) is 0 Å². The van der Waals surface area contributed by atoms with E-state index in [2.05, 4.69) is 22.2 Å². The van der Waals surface area contributed by atoms with Crippen molar-refractivity contribution in [2.75, 3.05) is 40.3 Å². The molecule has 1 aliphatic rings. The standard InChI is InChI=1S/C9H18N4/c1-11-8-9(7-10)13-5-3-12(2)4-6-13/h7-8,10-11H,3-6H2,1-2H3/b9-8+,10-7?. The van der Waals surface area contributed by atoms with Crippen LogP contribution < -0.4 is 5.32 Å². The highest BCUT2D eigenvalue weighted by molar-refractivity contribution is 5.74. The van der Waals surface area contributed by atoms with Crippen LogP contribution in [0.4, 0.5) is 0 Å². The van der Waals surface area contributed by atoms with Gasteiger partial charge in [0, 0.05) is 45.6 Å². The van der Waals surface area contributed by atoms with Crippen LogP contribution in [0.5, 0.6) is 0 Å². The van der Waals surface area contributed by atoms with E-state index < -0.39 is 0 Å². The Kier molecular flexibility index (Phi) is 3.76. The molecule has 0 aromatic rings. The molecule has 0 unspecified atom stereocenters. The number of rotatable bonds is 3. The Morgan fingerprint density at radius 3 is 2.38 bits per heavy atom. The zero-order valence-corrected chi connectivity index (χ0v) is 8.38. The van der Waals surface area contributed by atoms with Gasteiger partial charge >= 0.3 is 0 Å². The molecule has 1 aliphatic heterocycles. The third kappa shape index (κ3) is 2.73. The van der Waals surface area contributed by atoms with Crippen LogP contribution >= 0.6 is 0 Å². The highest BCUT2D eigenvalue weighted by Gasteiger charge is 2.14. The van der Waals surface area contributed by atoms with Crippen molar-refractivity contribution in [1.82, 2.24) is 15.1 Å². The first-order chi connectivity index (χ1) is 6.27. The second kappa shape index (κ2) is 4.87. The molecular weight excluding hydrogens is 164 g/mol. The minimum atomic E-state index is 0.968. The summed E-state index contributed by atoms with van der Waals surface area (Å²) >= 11 is 0. The molecule has 0 amide bonds. The lowest BCUT2D eigenvalue weighted by Crippen LogP contribution is -2.44. The van der Waals surface area contributed by atoms with Gasteiger partial charge in [0.1, 0.15) is 0 Å². The van der Waals surface area contributed by atoms with E-state index in [0.29, 0.717) is 0 Å². The Labute approximate surface area is 79.7 Å². The van der Waals surface area contributed by atoms with Crippen molar-refractivity contribution < 1.29 is 0 Å². The summed E-state index contributed by atoms with van der Waals surface area (Å²) in [4.78, 5) is 4.53. The molecule has 4 nitrogen and oxygen atoms in total. The quantitative estimate of drug-likeness (QED) is 0.601.